The fraction of sp³-hybridized carbons (Fsp3) is 0.346. The van der Waals surface area contributed by atoms with Crippen molar-refractivity contribution < 1.29 is 13.9 Å². The fourth-order valence-corrected chi connectivity index (χ4v) is 4.84. The highest BCUT2D eigenvalue weighted by Crippen LogP contribution is 2.34. The number of benzene rings is 2. The van der Waals surface area contributed by atoms with Crippen molar-refractivity contribution in [3.63, 3.8) is 0 Å². The summed E-state index contributed by atoms with van der Waals surface area (Å²) in [5.74, 6) is 0.857. The number of fused-ring (bicyclic) bond motifs is 1. The molecule has 1 aliphatic heterocycles. The molecule has 1 saturated heterocycles. The van der Waals surface area contributed by atoms with Crippen LogP contribution >= 0.6 is 0 Å². The number of hydrogen-bond acceptors (Lipinski definition) is 7. The third-order valence-electron chi connectivity index (χ3n) is 6.90. The van der Waals surface area contributed by atoms with Crippen molar-refractivity contribution >= 4 is 16.9 Å². The Hall–Kier alpha value is -3.52. The van der Waals surface area contributed by atoms with Crippen molar-refractivity contribution in [1.82, 2.24) is 20.5 Å². The van der Waals surface area contributed by atoms with E-state index < -0.39 is 5.82 Å². The summed E-state index contributed by atoms with van der Waals surface area (Å²) < 4.78 is 19.9. The summed E-state index contributed by atoms with van der Waals surface area (Å²) in [6.45, 7) is 3.58. The average molecular weight is 460 g/mol. The van der Waals surface area contributed by atoms with Crippen LogP contribution in [0.1, 0.15) is 31.6 Å². The first kappa shape index (κ1) is 21.0. The summed E-state index contributed by atoms with van der Waals surface area (Å²) in [6.07, 6.45) is 5.03. The van der Waals surface area contributed by atoms with Gasteiger partial charge in [-0.2, -0.15) is 0 Å². The van der Waals surface area contributed by atoms with Gasteiger partial charge in [-0.25, -0.2) is 9.37 Å². The molecule has 1 atom stereocenters. The van der Waals surface area contributed by atoms with Gasteiger partial charge < -0.3 is 19.7 Å². The minimum absolute atomic E-state index is 0.0553. The third-order valence-corrected chi connectivity index (χ3v) is 6.90. The zero-order chi connectivity index (χ0) is 23.2. The fourth-order valence-electron chi connectivity index (χ4n) is 4.84. The molecule has 0 radical (unpaired) electrons. The lowest BCUT2D eigenvalue weighted by atomic mass is 9.92. The molecule has 2 N–H and O–H groups in total. The normalized spacial score (nSPS) is 18.5. The molecule has 6 rings (SSSR count). The SMILES string of the molecule is Cc1nc2c(F)cc(-c3ccc(-c4ccc(N5CCC(NC6CCC6)C5)nn4)c(O)c3)cc2o1. The standard InChI is InChI=1S/C26H26FN5O2/c1-15-28-26-21(27)11-17(13-24(26)34-15)16-5-6-20(23(33)12-16)22-7-8-25(31-30-22)32-10-9-19(14-32)29-18-3-2-4-18/h5-8,11-13,18-19,29,33H,2-4,9-10,14H2,1H3. The third kappa shape index (κ3) is 3.88. The van der Waals surface area contributed by atoms with E-state index in [1.54, 1.807) is 25.1 Å². The number of oxazole rings is 1. The van der Waals surface area contributed by atoms with Gasteiger partial charge in [0, 0.05) is 37.7 Å². The van der Waals surface area contributed by atoms with Gasteiger partial charge in [0.25, 0.3) is 0 Å². The van der Waals surface area contributed by atoms with Gasteiger partial charge in [0.1, 0.15) is 11.3 Å². The molecule has 2 aromatic carbocycles. The minimum atomic E-state index is -0.457. The van der Waals surface area contributed by atoms with Gasteiger partial charge in [-0.15, -0.1) is 10.2 Å². The topological polar surface area (TPSA) is 87.3 Å². The van der Waals surface area contributed by atoms with Crippen LogP contribution in [0.3, 0.4) is 0 Å². The van der Waals surface area contributed by atoms with Crippen molar-refractivity contribution in [2.75, 3.05) is 18.0 Å². The molecule has 34 heavy (non-hydrogen) atoms. The largest absolute Gasteiger partial charge is 0.507 e. The number of hydrogen-bond donors (Lipinski definition) is 2. The molecule has 0 spiro atoms. The lowest BCUT2D eigenvalue weighted by Crippen LogP contribution is -2.43. The van der Waals surface area contributed by atoms with Crippen LogP contribution in [-0.2, 0) is 0 Å². The van der Waals surface area contributed by atoms with Crippen molar-refractivity contribution in [1.29, 1.82) is 0 Å². The highest BCUT2D eigenvalue weighted by molar-refractivity contribution is 5.82. The highest BCUT2D eigenvalue weighted by Gasteiger charge is 2.28. The van der Waals surface area contributed by atoms with Crippen LogP contribution in [0.15, 0.2) is 46.9 Å². The van der Waals surface area contributed by atoms with Crippen molar-refractivity contribution in [3.05, 3.63) is 54.2 Å². The van der Waals surface area contributed by atoms with Crippen LogP contribution in [0.4, 0.5) is 10.2 Å². The Morgan fingerprint density at radius 1 is 1.03 bits per heavy atom. The Morgan fingerprint density at radius 3 is 2.65 bits per heavy atom. The molecule has 7 nitrogen and oxygen atoms in total. The molecule has 4 aromatic rings. The molecule has 8 heteroatoms. The molecular weight excluding hydrogens is 433 g/mol. The summed E-state index contributed by atoms with van der Waals surface area (Å²) in [4.78, 5) is 6.32. The van der Waals surface area contributed by atoms with Gasteiger partial charge >= 0.3 is 0 Å². The second-order valence-corrected chi connectivity index (χ2v) is 9.27. The number of aryl methyl sites for hydroxylation is 1. The summed E-state index contributed by atoms with van der Waals surface area (Å²) >= 11 is 0. The monoisotopic (exact) mass is 459 g/mol. The van der Waals surface area contributed by atoms with E-state index in [0.29, 0.717) is 45.9 Å². The summed E-state index contributed by atoms with van der Waals surface area (Å²) in [5.41, 5.74) is 3.02. The molecule has 174 valence electrons. The van der Waals surface area contributed by atoms with Crippen molar-refractivity contribution in [2.24, 2.45) is 0 Å². The quantitative estimate of drug-likeness (QED) is 0.442. The molecular formula is C26H26FN5O2. The van der Waals surface area contributed by atoms with E-state index in [-0.39, 0.29) is 11.3 Å². The van der Waals surface area contributed by atoms with E-state index in [4.69, 9.17) is 4.42 Å². The molecule has 1 saturated carbocycles. The summed E-state index contributed by atoms with van der Waals surface area (Å²) in [5, 5.41) is 23.2. The van der Waals surface area contributed by atoms with Gasteiger partial charge in [-0.3, -0.25) is 0 Å². The molecule has 2 aliphatic rings. The molecule has 3 heterocycles. The van der Waals surface area contributed by atoms with Crippen LogP contribution in [0.2, 0.25) is 0 Å². The maximum atomic E-state index is 14.5. The molecule has 0 bridgehead atoms. The number of aromatic hydroxyl groups is 1. The van der Waals surface area contributed by atoms with Crippen LogP contribution < -0.4 is 10.2 Å². The van der Waals surface area contributed by atoms with E-state index in [0.717, 1.165) is 25.3 Å². The number of phenolic OH excluding ortho intramolecular Hbond substituents is 1. The van der Waals surface area contributed by atoms with E-state index in [1.165, 1.54) is 25.3 Å². The molecule has 2 aromatic heterocycles. The number of phenols is 1. The first-order chi connectivity index (χ1) is 16.5. The molecule has 1 unspecified atom stereocenters. The first-order valence-corrected chi connectivity index (χ1v) is 11.8. The number of aromatic nitrogens is 3. The number of nitrogens with one attached hydrogen (secondary N) is 1. The summed E-state index contributed by atoms with van der Waals surface area (Å²) in [6, 6.07) is 13.4. The van der Waals surface area contributed by atoms with Crippen LogP contribution in [0.25, 0.3) is 33.5 Å². The molecule has 2 fully saturated rings. The maximum Gasteiger partial charge on any atom is 0.192 e. The van der Waals surface area contributed by atoms with Gasteiger partial charge in [0.2, 0.25) is 0 Å². The first-order valence-electron chi connectivity index (χ1n) is 11.8. The Bertz CT molecular complexity index is 1350. The number of halogens is 1. The van der Waals surface area contributed by atoms with Gasteiger partial charge in [-0.1, -0.05) is 12.5 Å². The van der Waals surface area contributed by atoms with Crippen LogP contribution in [-0.4, -0.2) is 45.5 Å². The Kier molecular flexibility index (Phi) is 5.17. The zero-order valence-electron chi connectivity index (χ0n) is 19.0. The second kappa shape index (κ2) is 8.36. The number of anilines is 1. The van der Waals surface area contributed by atoms with E-state index >= 15 is 0 Å². The van der Waals surface area contributed by atoms with E-state index in [2.05, 4.69) is 25.4 Å². The van der Waals surface area contributed by atoms with Gasteiger partial charge in [0.05, 0.1) is 5.69 Å². The van der Waals surface area contributed by atoms with E-state index in [1.807, 2.05) is 18.2 Å². The Labute approximate surface area is 196 Å². The van der Waals surface area contributed by atoms with Gasteiger partial charge in [0.15, 0.2) is 23.1 Å². The van der Waals surface area contributed by atoms with Crippen molar-refractivity contribution in [2.45, 2.75) is 44.7 Å². The van der Waals surface area contributed by atoms with Crippen LogP contribution in [0.5, 0.6) is 5.75 Å². The van der Waals surface area contributed by atoms with E-state index in [9.17, 15) is 9.50 Å². The highest BCUT2D eigenvalue weighted by atomic mass is 19.1. The molecule has 0 amide bonds. The lowest BCUT2D eigenvalue weighted by molar-refractivity contribution is 0.311. The van der Waals surface area contributed by atoms with Gasteiger partial charge in [-0.05, 0) is 66.8 Å². The molecule has 1 aliphatic carbocycles. The number of nitrogens with zero attached hydrogens (tertiary/aromatic N) is 4. The maximum absolute atomic E-state index is 14.5. The van der Waals surface area contributed by atoms with Crippen LogP contribution in [0, 0.1) is 12.7 Å². The van der Waals surface area contributed by atoms with Crippen molar-refractivity contribution in [3.8, 4) is 28.1 Å². The lowest BCUT2D eigenvalue weighted by Gasteiger charge is -2.29. The smallest absolute Gasteiger partial charge is 0.192 e. The summed E-state index contributed by atoms with van der Waals surface area (Å²) in [7, 11) is 0. The second-order valence-electron chi connectivity index (χ2n) is 9.27. The predicted molar refractivity (Wildman–Crippen MR) is 128 cm³/mol. The number of rotatable bonds is 5. The Morgan fingerprint density at radius 2 is 1.91 bits per heavy atom. The minimum Gasteiger partial charge on any atom is -0.507 e. The zero-order valence-corrected chi connectivity index (χ0v) is 19.0. The average Bonchev–Trinajstić information content (AvgIpc) is 3.43. The predicted octanol–water partition coefficient (Wildman–Crippen LogP) is 4.83. The Balaban J connectivity index is 1.20.